The van der Waals surface area contributed by atoms with E-state index in [0.717, 1.165) is 25.1 Å². The predicted octanol–water partition coefficient (Wildman–Crippen LogP) is 2.41. The monoisotopic (exact) mass is 329 g/mol. The van der Waals surface area contributed by atoms with Gasteiger partial charge in [0.2, 0.25) is 0 Å². The molecule has 2 aromatic rings. The van der Waals surface area contributed by atoms with Gasteiger partial charge in [-0.1, -0.05) is 12.1 Å². The number of nitrogens with zero attached hydrogens (tertiary/aromatic N) is 2. The number of amides is 1. The fraction of sp³-hybridized carbons (Fsp3) is 0.333. The first kappa shape index (κ1) is 16.4. The molecule has 1 aromatic heterocycles. The Morgan fingerprint density at radius 3 is 2.83 bits per heavy atom. The number of primary amides is 1. The van der Waals surface area contributed by atoms with Crippen LogP contribution in [0, 0.1) is 5.82 Å². The summed E-state index contributed by atoms with van der Waals surface area (Å²) in [5, 5.41) is 10.4. The molecule has 1 aliphatic rings. The van der Waals surface area contributed by atoms with Gasteiger partial charge in [-0.3, -0.25) is 9.78 Å². The molecular weight excluding hydrogens is 309 g/mol. The first-order valence-corrected chi connectivity index (χ1v) is 8.00. The van der Waals surface area contributed by atoms with Gasteiger partial charge in [0.15, 0.2) is 0 Å². The summed E-state index contributed by atoms with van der Waals surface area (Å²) in [6.07, 6.45) is 3.41. The highest BCUT2D eigenvalue weighted by Crippen LogP contribution is 2.31. The molecule has 0 aliphatic carbocycles. The molecule has 0 spiro atoms. The SMILES string of the molecule is NC(=O)c1cc(N2CCC[C@@H]2C[C@@H](O)c2ccc(F)cc2)ccn1. The fourth-order valence-electron chi connectivity index (χ4n) is 3.23. The molecule has 5 nitrogen and oxygen atoms in total. The Balaban J connectivity index is 1.74. The van der Waals surface area contributed by atoms with Gasteiger partial charge >= 0.3 is 0 Å². The lowest BCUT2D eigenvalue weighted by atomic mass is 10.00. The summed E-state index contributed by atoms with van der Waals surface area (Å²) in [7, 11) is 0. The van der Waals surface area contributed by atoms with Crippen LogP contribution in [0.1, 0.15) is 41.4 Å². The summed E-state index contributed by atoms with van der Waals surface area (Å²) in [6.45, 7) is 0.850. The Morgan fingerprint density at radius 1 is 1.38 bits per heavy atom. The molecule has 1 fully saturated rings. The summed E-state index contributed by atoms with van der Waals surface area (Å²) < 4.78 is 13.0. The van der Waals surface area contributed by atoms with Gasteiger partial charge in [0.25, 0.3) is 5.91 Å². The number of rotatable bonds is 5. The second-order valence-electron chi connectivity index (χ2n) is 6.06. The van der Waals surface area contributed by atoms with Crippen LogP contribution in [0.25, 0.3) is 0 Å². The smallest absolute Gasteiger partial charge is 0.267 e. The normalized spacial score (nSPS) is 18.6. The van der Waals surface area contributed by atoms with Crippen molar-refractivity contribution >= 4 is 11.6 Å². The third kappa shape index (κ3) is 3.54. The number of carbonyl (C=O) groups is 1. The second kappa shape index (κ2) is 6.97. The third-order valence-electron chi connectivity index (χ3n) is 4.45. The van der Waals surface area contributed by atoms with Crippen LogP contribution in [0.5, 0.6) is 0 Å². The predicted molar refractivity (Wildman–Crippen MR) is 89.1 cm³/mol. The minimum absolute atomic E-state index is 0.146. The molecule has 1 amide bonds. The zero-order chi connectivity index (χ0) is 17.1. The van der Waals surface area contributed by atoms with Gasteiger partial charge in [-0.25, -0.2) is 4.39 Å². The lowest BCUT2D eigenvalue weighted by Crippen LogP contribution is -2.31. The highest BCUT2D eigenvalue weighted by molar-refractivity contribution is 5.91. The van der Waals surface area contributed by atoms with Crippen molar-refractivity contribution in [2.24, 2.45) is 5.73 Å². The molecule has 1 saturated heterocycles. The number of aliphatic hydroxyl groups is 1. The Morgan fingerprint density at radius 2 is 2.12 bits per heavy atom. The van der Waals surface area contributed by atoms with E-state index < -0.39 is 12.0 Å². The number of pyridine rings is 1. The maximum absolute atomic E-state index is 13.0. The first-order chi connectivity index (χ1) is 11.5. The number of hydrogen-bond donors (Lipinski definition) is 2. The van der Waals surface area contributed by atoms with E-state index >= 15 is 0 Å². The van der Waals surface area contributed by atoms with Crippen molar-refractivity contribution in [2.75, 3.05) is 11.4 Å². The topological polar surface area (TPSA) is 79.5 Å². The fourth-order valence-corrected chi connectivity index (χ4v) is 3.23. The number of anilines is 1. The number of halogens is 1. The van der Waals surface area contributed by atoms with Crippen LogP contribution in [0.2, 0.25) is 0 Å². The standard InChI is InChI=1S/C18H20FN3O2/c19-13-5-3-12(4-6-13)17(23)11-14-2-1-9-22(14)15-7-8-21-16(10-15)18(20)24/h3-8,10,14,17,23H,1-2,9,11H2,(H2,20,24)/t14-,17-/m1/s1. The maximum atomic E-state index is 13.0. The van der Waals surface area contributed by atoms with E-state index in [9.17, 15) is 14.3 Å². The summed E-state index contributed by atoms with van der Waals surface area (Å²) >= 11 is 0. The first-order valence-electron chi connectivity index (χ1n) is 8.00. The van der Waals surface area contributed by atoms with Crippen molar-refractivity contribution < 1.29 is 14.3 Å². The van der Waals surface area contributed by atoms with Crippen molar-refractivity contribution in [2.45, 2.75) is 31.4 Å². The van der Waals surface area contributed by atoms with Gasteiger partial charge in [0.1, 0.15) is 11.5 Å². The van der Waals surface area contributed by atoms with Crippen LogP contribution in [0.4, 0.5) is 10.1 Å². The van der Waals surface area contributed by atoms with E-state index in [1.54, 1.807) is 24.4 Å². The highest BCUT2D eigenvalue weighted by Gasteiger charge is 2.28. The Kier molecular flexibility index (Phi) is 4.76. The summed E-state index contributed by atoms with van der Waals surface area (Å²) in [5.41, 5.74) is 7.11. The zero-order valence-corrected chi connectivity index (χ0v) is 13.2. The Labute approximate surface area is 139 Å². The van der Waals surface area contributed by atoms with Crippen LogP contribution >= 0.6 is 0 Å². The Bertz CT molecular complexity index is 720. The van der Waals surface area contributed by atoms with Gasteiger partial charge < -0.3 is 15.7 Å². The number of aliphatic hydroxyl groups excluding tert-OH is 1. The number of benzene rings is 1. The number of aromatic nitrogens is 1. The van der Waals surface area contributed by atoms with E-state index in [2.05, 4.69) is 9.88 Å². The molecule has 3 rings (SSSR count). The quantitative estimate of drug-likeness (QED) is 0.883. The van der Waals surface area contributed by atoms with Gasteiger partial charge in [-0.2, -0.15) is 0 Å². The van der Waals surface area contributed by atoms with Crippen molar-refractivity contribution in [3.8, 4) is 0 Å². The van der Waals surface area contributed by atoms with Gasteiger partial charge in [0.05, 0.1) is 6.10 Å². The number of hydrogen-bond acceptors (Lipinski definition) is 4. The van der Waals surface area contributed by atoms with Crippen molar-refractivity contribution in [3.63, 3.8) is 0 Å². The largest absolute Gasteiger partial charge is 0.388 e. The molecular formula is C18H20FN3O2. The van der Waals surface area contributed by atoms with Crippen molar-refractivity contribution in [1.29, 1.82) is 0 Å². The summed E-state index contributed by atoms with van der Waals surface area (Å²) in [4.78, 5) is 17.4. The Hall–Kier alpha value is -2.47. The third-order valence-corrected chi connectivity index (χ3v) is 4.45. The van der Waals surface area contributed by atoms with Crippen LogP contribution in [0.15, 0.2) is 42.6 Å². The molecule has 1 aliphatic heterocycles. The zero-order valence-electron chi connectivity index (χ0n) is 13.2. The molecule has 1 aromatic carbocycles. The van der Waals surface area contributed by atoms with Gasteiger partial charge in [-0.05, 0) is 49.1 Å². The molecule has 2 atom stereocenters. The van der Waals surface area contributed by atoms with E-state index in [1.165, 1.54) is 12.1 Å². The van der Waals surface area contributed by atoms with Crippen LogP contribution < -0.4 is 10.6 Å². The van der Waals surface area contributed by atoms with Crippen LogP contribution in [0.3, 0.4) is 0 Å². The molecule has 126 valence electrons. The molecule has 0 radical (unpaired) electrons. The highest BCUT2D eigenvalue weighted by atomic mass is 19.1. The van der Waals surface area contributed by atoms with Crippen LogP contribution in [-0.4, -0.2) is 28.6 Å². The van der Waals surface area contributed by atoms with E-state index in [1.807, 2.05) is 6.07 Å². The molecule has 24 heavy (non-hydrogen) atoms. The van der Waals surface area contributed by atoms with Gasteiger partial charge in [0, 0.05) is 24.5 Å². The van der Waals surface area contributed by atoms with Crippen molar-refractivity contribution in [1.82, 2.24) is 4.98 Å². The second-order valence-corrected chi connectivity index (χ2v) is 6.06. The molecule has 3 N–H and O–H groups in total. The molecule has 0 saturated carbocycles. The van der Waals surface area contributed by atoms with E-state index in [0.29, 0.717) is 12.0 Å². The minimum Gasteiger partial charge on any atom is -0.388 e. The number of carbonyl (C=O) groups excluding carboxylic acids is 1. The maximum Gasteiger partial charge on any atom is 0.267 e. The average molecular weight is 329 g/mol. The summed E-state index contributed by atoms with van der Waals surface area (Å²) in [6, 6.07) is 9.60. The van der Waals surface area contributed by atoms with E-state index in [-0.39, 0.29) is 17.6 Å². The number of nitrogens with two attached hydrogens (primary N) is 1. The van der Waals surface area contributed by atoms with Gasteiger partial charge in [-0.15, -0.1) is 0 Å². The lowest BCUT2D eigenvalue weighted by Gasteiger charge is -2.28. The molecule has 2 heterocycles. The molecule has 6 heteroatoms. The van der Waals surface area contributed by atoms with E-state index in [4.69, 9.17) is 5.73 Å². The average Bonchev–Trinajstić information content (AvgIpc) is 3.03. The minimum atomic E-state index is -0.659. The molecule has 0 bridgehead atoms. The lowest BCUT2D eigenvalue weighted by molar-refractivity contribution is 0.0995. The summed E-state index contributed by atoms with van der Waals surface area (Å²) in [5.74, 6) is -0.872. The van der Waals surface area contributed by atoms with Crippen LogP contribution in [-0.2, 0) is 0 Å². The molecule has 0 unspecified atom stereocenters. The van der Waals surface area contributed by atoms with Crippen molar-refractivity contribution in [3.05, 3.63) is 59.7 Å².